The van der Waals surface area contributed by atoms with Crippen LogP contribution in [-0.2, 0) is 0 Å². The van der Waals surface area contributed by atoms with Crippen molar-refractivity contribution < 1.29 is 8.81 Å². The molecule has 3 rings (SSSR count). The Morgan fingerprint density at radius 3 is 2.68 bits per heavy atom. The van der Waals surface area contributed by atoms with Crippen molar-refractivity contribution in [2.24, 2.45) is 0 Å². The van der Waals surface area contributed by atoms with Gasteiger partial charge < -0.3 is 4.42 Å². The van der Waals surface area contributed by atoms with E-state index in [9.17, 15) is 9.65 Å². The van der Waals surface area contributed by atoms with E-state index < -0.39 is 0 Å². The van der Waals surface area contributed by atoms with Crippen LogP contribution < -0.4 is 0 Å². The van der Waals surface area contributed by atoms with Crippen LogP contribution in [0.5, 0.6) is 0 Å². The Balaban J connectivity index is 1.93. The van der Waals surface area contributed by atoms with Gasteiger partial charge in [-0.3, -0.25) is 0 Å². The van der Waals surface area contributed by atoms with Crippen LogP contribution in [0.3, 0.4) is 0 Å². The predicted molar refractivity (Wildman–Crippen MR) is 87.4 cm³/mol. The molecule has 108 valence electrons. The maximum Gasteiger partial charge on any atom is 0.169 e. The third kappa shape index (κ3) is 3.16. The Morgan fingerprint density at radius 2 is 2.05 bits per heavy atom. The van der Waals surface area contributed by atoms with E-state index >= 15 is 0 Å². The van der Waals surface area contributed by atoms with E-state index in [0.717, 1.165) is 5.56 Å². The molecule has 3 aromatic rings. The van der Waals surface area contributed by atoms with Gasteiger partial charge in [-0.05, 0) is 52.3 Å². The van der Waals surface area contributed by atoms with Crippen LogP contribution >= 0.6 is 27.3 Å². The molecule has 0 fully saturated rings. The number of benzene rings is 1. The molecule has 3 nitrogen and oxygen atoms in total. The summed E-state index contributed by atoms with van der Waals surface area (Å²) in [5.74, 6) is 0.280. The molecule has 0 unspecified atom stereocenters. The smallest absolute Gasteiger partial charge is 0.169 e. The van der Waals surface area contributed by atoms with Crippen LogP contribution in [0.2, 0.25) is 0 Å². The molecular formula is C16H8BrFN2OS. The first kappa shape index (κ1) is 14.7. The molecule has 0 bridgehead atoms. The summed E-state index contributed by atoms with van der Waals surface area (Å²) in [4.78, 5) is 4.44. The van der Waals surface area contributed by atoms with Crippen molar-refractivity contribution in [3.63, 3.8) is 0 Å². The fourth-order valence-corrected chi connectivity index (χ4v) is 2.95. The lowest BCUT2D eigenvalue weighted by molar-refractivity contribution is 0.532. The second-order valence-corrected chi connectivity index (χ2v) is 6.00. The normalized spacial score (nSPS) is 11.4. The van der Waals surface area contributed by atoms with Gasteiger partial charge >= 0.3 is 0 Å². The summed E-state index contributed by atoms with van der Waals surface area (Å²) in [5.41, 5.74) is 1.93. The second kappa shape index (κ2) is 6.26. The van der Waals surface area contributed by atoms with E-state index in [1.54, 1.807) is 30.3 Å². The van der Waals surface area contributed by atoms with Gasteiger partial charge in [-0.25, -0.2) is 9.37 Å². The van der Waals surface area contributed by atoms with Gasteiger partial charge in [0, 0.05) is 17.0 Å². The van der Waals surface area contributed by atoms with Gasteiger partial charge in [-0.2, -0.15) is 5.26 Å². The number of nitriles is 1. The number of hydrogen-bond donors (Lipinski definition) is 0. The van der Waals surface area contributed by atoms with Crippen molar-refractivity contribution in [3.05, 3.63) is 63.0 Å². The predicted octanol–water partition coefficient (Wildman–Crippen LogP) is 5.37. The van der Waals surface area contributed by atoms with Crippen molar-refractivity contribution in [2.45, 2.75) is 0 Å². The van der Waals surface area contributed by atoms with E-state index in [1.165, 1.54) is 23.5 Å². The fraction of sp³-hybridized carbons (Fsp3) is 0. The summed E-state index contributed by atoms with van der Waals surface area (Å²) in [7, 11) is 0. The molecule has 0 N–H and O–H groups in total. The molecule has 0 radical (unpaired) electrons. The maximum absolute atomic E-state index is 13.0. The van der Waals surface area contributed by atoms with E-state index in [2.05, 4.69) is 27.0 Å². The molecule has 0 saturated carbocycles. The number of furan rings is 1. The van der Waals surface area contributed by atoms with E-state index in [4.69, 9.17) is 4.42 Å². The number of hydrogen-bond acceptors (Lipinski definition) is 4. The molecule has 0 aliphatic carbocycles. The SMILES string of the molecule is N#CC(=Cc1ccc(Br)o1)c1nc(-c2ccc(F)cc2)cs1. The van der Waals surface area contributed by atoms with Crippen LogP contribution in [0.4, 0.5) is 4.39 Å². The molecule has 22 heavy (non-hydrogen) atoms. The van der Waals surface area contributed by atoms with Crippen molar-refractivity contribution in [3.8, 4) is 17.3 Å². The Labute approximate surface area is 138 Å². The quantitative estimate of drug-likeness (QED) is 0.579. The van der Waals surface area contributed by atoms with Crippen LogP contribution in [-0.4, -0.2) is 4.98 Å². The standard InChI is InChI=1S/C16H8BrFN2OS/c17-15-6-5-13(21-15)7-11(8-19)16-20-14(9-22-16)10-1-3-12(18)4-2-10/h1-7,9H. The zero-order valence-electron chi connectivity index (χ0n) is 11.1. The molecular weight excluding hydrogens is 367 g/mol. The summed E-state index contributed by atoms with van der Waals surface area (Å²) in [6.07, 6.45) is 1.64. The molecule has 2 heterocycles. The third-order valence-corrected chi connectivity index (χ3v) is 4.18. The summed E-state index contributed by atoms with van der Waals surface area (Å²) in [5, 5.41) is 11.7. The molecule has 0 atom stereocenters. The van der Waals surface area contributed by atoms with Crippen LogP contribution in [0.15, 0.2) is 50.9 Å². The fourth-order valence-electron chi connectivity index (χ4n) is 1.84. The lowest BCUT2D eigenvalue weighted by Gasteiger charge is -1.96. The van der Waals surface area contributed by atoms with Gasteiger partial charge in [0.25, 0.3) is 0 Å². The largest absolute Gasteiger partial charge is 0.450 e. The molecule has 0 spiro atoms. The highest BCUT2D eigenvalue weighted by atomic mass is 79.9. The molecule has 0 amide bonds. The molecule has 1 aromatic carbocycles. The van der Waals surface area contributed by atoms with Crippen molar-refractivity contribution >= 4 is 38.9 Å². The minimum Gasteiger partial charge on any atom is -0.450 e. The first-order valence-electron chi connectivity index (χ1n) is 6.24. The summed E-state index contributed by atoms with van der Waals surface area (Å²) < 4.78 is 18.9. The number of aromatic nitrogens is 1. The van der Waals surface area contributed by atoms with Gasteiger partial charge in [-0.1, -0.05) is 0 Å². The lowest BCUT2D eigenvalue weighted by atomic mass is 10.2. The van der Waals surface area contributed by atoms with Gasteiger partial charge in [-0.15, -0.1) is 11.3 Å². The first-order valence-corrected chi connectivity index (χ1v) is 7.92. The van der Waals surface area contributed by atoms with Crippen LogP contribution in [0.25, 0.3) is 22.9 Å². The number of halogens is 2. The monoisotopic (exact) mass is 374 g/mol. The van der Waals surface area contributed by atoms with E-state index in [1.807, 2.05) is 5.38 Å². The average Bonchev–Trinajstić information content (AvgIpc) is 3.15. The molecule has 0 aliphatic heterocycles. The minimum atomic E-state index is -0.291. The molecule has 0 saturated heterocycles. The van der Waals surface area contributed by atoms with Gasteiger partial charge in [0.05, 0.1) is 11.3 Å². The summed E-state index contributed by atoms with van der Waals surface area (Å²) in [6, 6.07) is 11.7. The topological polar surface area (TPSA) is 49.8 Å². The highest BCUT2D eigenvalue weighted by Gasteiger charge is 2.10. The van der Waals surface area contributed by atoms with Gasteiger partial charge in [0.1, 0.15) is 22.7 Å². The number of allylic oxidation sites excluding steroid dienone is 1. The zero-order chi connectivity index (χ0) is 15.5. The highest BCUT2D eigenvalue weighted by Crippen LogP contribution is 2.28. The van der Waals surface area contributed by atoms with Crippen molar-refractivity contribution in [1.29, 1.82) is 5.26 Å². The Morgan fingerprint density at radius 1 is 1.27 bits per heavy atom. The third-order valence-electron chi connectivity index (χ3n) is 2.88. The lowest BCUT2D eigenvalue weighted by Crippen LogP contribution is -1.83. The second-order valence-electron chi connectivity index (χ2n) is 4.36. The Bertz CT molecular complexity index is 874. The highest BCUT2D eigenvalue weighted by molar-refractivity contribution is 9.10. The molecule has 0 aliphatic rings. The summed E-state index contributed by atoms with van der Waals surface area (Å²) in [6.45, 7) is 0. The number of nitrogens with zero attached hydrogens (tertiary/aromatic N) is 2. The summed E-state index contributed by atoms with van der Waals surface area (Å²) >= 11 is 4.58. The van der Waals surface area contributed by atoms with Crippen molar-refractivity contribution in [2.75, 3.05) is 0 Å². The van der Waals surface area contributed by atoms with Crippen LogP contribution in [0, 0.1) is 17.1 Å². The van der Waals surface area contributed by atoms with Gasteiger partial charge in [0.15, 0.2) is 4.67 Å². The number of rotatable bonds is 3. The van der Waals surface area contributed by atoms with E-state index in [-0.39, 0.29) is 5.82 Å². The van der Waals surface area contributed by atoms with Gasteiger partial charge in [0.2, 0.25) is 0 Å². The maximum atomic E-state index is 13.0. The van der Waals surface area contributed by atoms with Crippen molar-refractivity contribution in [1.82, 2.24) is 4.98 Å². The Hall–Kier alpha value is -2.23. The van der Waals surface area contributed by atoms with Crippen LogP contribution in [0.1, 0.15) is 10.8 Å². The average molecular weight is 375 g/mol. The zero-order valence-corrected chi connectivity index (χ0v) is 13.5. The molecule has 6 heteroatoms. The number of thiazole rings is 1. The van der Waals surface area contributed by atoms with E-state index in [0.29, 0.717) is 26.7 Å². The minimum absolute atomic E-state index is 0.291. The Kier molecular flexibility index (Phi) is 4.18. The first-order chi connectivity index (χ1) is 10.7. The molecule has 2 aromatic heterocycles.